The Morgan fingerprint density at radius 1 is 1.33 bits per heavy atom. The summed E-state index contributed by atoms with van der Waals surface area (Å²) in [7, 11) is 0. The maximum atomic E-state index is 11.9. The topological polar surface area (TPSA) is 93.8 Å². The number of ether oxygens (including phenoxy) is 1. The van der Waals surface area contributed by atoms with E-state index in [1.54, 1.807) is 37.3 Å². The Labute approximate surface area is 143 Å². The van der Waals surface area contributed by atoms with Crippen molar-refractivity contribution in [3.63, 3.8) is 0 Å². The number of nitro benzene ring substituents is 1. The van der Waals surface area contributed by atoms with Gasteiger partial charge < -0.3 is 4.74 Å². The van der Waals surface area contributed by atoms with Crippen LogP contribution in [-0.4, -0.2) is 23.1 Å². The Morgan fingerprint density at radius 3 is 2.71 bits per heavy atom. The number of non-ortho nitro benzene ring substituents is 1. The predicted molar refractivity (Wildman–Crippen MR) is 90.4 cm³/mol. The van der Waals surface area contributed by atoms with E-state index in [0.29, 0.717) is 16.3 Å². The molecule has 0 radical (unpaired) electrons. The standard InChI is InChI=1S/C16H14ClN3O4/c1-11(24-15-7-5-13(17)6-8-15)16(21)19-18-10-12-3-2-4-14(9-12)20(22)23/h2-11H,1H3,(H,19,21)/b18-10+. The van der Waals surface area contributed by atoms with E-state index in [4.69, 9.17) is 16.3 Å². The second-order valence-corrected chi connectivity index (χ2v) is 5.24. The van der Waals surface area contributed by atoms with Crippen LogP contribution in [0.4, 0.5) is 5.69 Å². The van der Waals surface area contributed by atoms with Crippen LogP contribution in [0.15, 0.2) is 53.6 Å². The van der Waals surface area contributed by atoms with Gasteiger partial charge in [0.2, 0.25) is 0 Å². The van der Waals surface area contributed by atoms with Crippen molar-refractivity contribution in [1.29, 1.82) is 0 Å². The quantitative estimate of drug-likeness (QED) is 0.493. The molecule has 1 N–H and O–H groups in total. The van der Waals surface area contributed by atoms with Gasteiger partial charge in [-0.05, 0) is 31.2 Å². The van der Waals surface area contributed by atoms with Gasteiger partial charge in [0, 0.05) is 22.7 Å². The fourth-order valence-electron chi connectivity index (χ4n) is 1.75. The summed E-state index contributed by atoms with van der Waals surface area (Å²) in [5, 5.41) is 15.0. The molecule has 0 spiro atoms. The first-order valence-electron chi connectivity index (χ1n) is 6.95. The smallest absolute Gasteiger partial charge is 0.280 e. The molecule has 0 bridgehead atoms. The summed E-state index contributed by atoms with van der Waals surface area (Å²) in [5.41, 5.74) is 2.77. The molecule has 1 unspecified atom stereocenters. The molecule has 2 aromatic rings. The highest BCUT2D eigenvalue weighted by Crippen LogP contribution is 2.16. The van der Waals surface area contributed by atoms with Crippen molar-refractivity contribution in [3.8, 4) is 5.75 Å². The highest BCUT2D eigenvalue weighted by Gasteiger charge is 2.13. The van der Waals surface area contributed by atoms with E-state index in [1.807, 2.05) is 0 Å². The average Bonchev–Trinajstić information content (AvgIpc) is 2.57. The number of nitrogens with one attached hydrogen (secondary N) is 1. The number of carbonyl (C=O) groups excluding carboxylic acids is 1. The summed E-state index contributed by atoms with van der Waals surface area (Å²) in [6, 6.07) is 12.5. The molecule has 2 aromatic carbocycles. The van der Waals surface area contributed by atoms with Crippen LogP contribution in [0.25, 0.3) is 0 Å². The molecule has 0 aliphatic rings. The Bertz CT molecular complexity index is 762. The number of rotatable bonds is 6. The number of hydrogen-bond acceptors (Lipinski definition) is 5. The fourth-order valence-corrected chi connectivity index (χ4v) is 1.88. The molecule has 0 aromatic heterocycles. The second kappa shape index (κ2) is 8.07. The molecular formula is C16H14ClN3O4. The van der Waals surface area contributed by atoms with Gasteiger partial charge in [-0.15, -0.1) is 0 Å². The molecule has 0 aliphatic carbocycles. The van der Waals surface area contributed by atoms with E-state index in [2.05, 4.69) is 10.5 Å². The summed E-state index contributed by atoms with van der Waals surface area (Å²) >= 11 is 5.77. The lowest BCUT2D eigenvalue weighted by molar-refractivity contribution is -0.384. The van der Waals surface area contributed by atoms with Gasteiger partial charge >= 0.3 is 0 Å². The molecule has 0 saturated carbocycles. The maximum absolute atomic E-state index is 11.9. The van der Waals surface area contributed by atoms with E-state index in [0.717, 1.165) is 0 Å². The summed E-state index contributed by atoms with van der Waals surface area (Å²) in [5.74, 6) is 0.0522. The van der Waals surface area contributed by atoms with Crippen molar-refractivity contribution in [1.82, 2.24) is 5.43 Å². The third-order valence-electron chi connectivity index (χ3n) is 2.97. The Kier molecular flexibility index (Phi) is 5.86. The number of hydrogen-bond donors (Lipinski definition) is 1. The Hall–Kier alpha value is -2.93. The molecule has 1 atom stereocenters. The van der Waals surface area contributed by atoms with Crippen LogP contribution < -0.4 is 10.2 Å². The molecule has 7 nitrogen and oxygen atoms in total. The van der Waals surface area contributed by atoms with Crippen molar-refractivity contribution >= 4 is 29.4 Å². The number of halogens is 1. The van der Waals surface area contributed by atoms with Crippen LogP contribution >= 0.6 is 11.6 Å². The molecule has 2 rings (SSSR count). The monoisotopic (exact) mass is 347 g/mol. The number of amides is 1. The molecule has 1 amide bonds. The number of benzene rings is 2. The van der Waals surface area contributed by atoms with Gasteiger partial charge in [0.25, 0.3) is 11.6 Å². The van der Waals surface area contributed by atoms with Gasteiger partial charge in [-0.25, -0.2) is 5.43 Å². The Balaban J connectivity index is 1.90. The van der Waals surface area contributed by atoms with Gasteiger partial charge in [-0.2, -0.15) is 5.10 Å². The van der Waals surface area contributed by atoms with E-state index in [1.165, 1.54) is 24.4 Å². The number of nitro groups is 1. The van der Waals surface area contributed by atoms with Gasteiger partial charge in [0.1, 0.15) is 5.75 Å². The van der Waals surface area contributed by atoms with E-state index in [-0.39, 0.29) is 5.69 Å². The highest BCUT2D eigenvalue weighted by molar-refractivity contribution is 6.30. The lowest BCUT2D eigenvalue weighted by Gasteiger charge is -2.12. The van der Waals surface area contributed by atoms with Crippen molar-refractivity contribution < 1.29 is 14.5 Å². The van der Waals surface area contributed by atoms with Crippen molar-refractivity contribution in [3.05, 3.63) is 69.2 Å². The molecule has 0 aliphatic heterocycles. The van der Waals surface area contributed by atoms with Gasteiger partial charge in [-0.3, -0.25) is 14.9 Å². The zero-order chi connectivity index (χ0) is 17.5. The van der Waals surface area contributed by atoms with Crippen LogP contribution in [0.1, 0.15) is 12.5 Å². The van der Waals surface area contributed by atoms with Crippen LogP contribution in [-0.2, 0) is 4.79 Å². The van der Waals surface area contributed by atoms with Crippen molar-refractivity contribution in [2.45, 2.75) is 13.0 Å². The first-order valence-corrected chi connectivity index (χ1v) is 7.33. The molecular weight excluding hydrogens is 334 g/mol. The van der Waals surface area contributed by atoms with E-state index < -0.39 is 16.9 Å². The first-order chi connectivity index (χ1) is 11.5. The third kappa shape index (κ3) is 5.06. The second-order valence-electron chi connectivity index (χ2n) is 4.80. The van der Waals surface area contributed by atoms with Gasteiger partial charge in [0.15, 0.2) is 6.10 Å². The maximum Gasteiger partial charge on any atom is 0.280 e. The minimum Gasteiger partial charge on any atom is -0.481 e. The molecule has 0 heterocycles. The third-order valence-corrected chi connectivity index (χ3v) is 3.22. The molecule has 0 saturated heterocycles. The summed E-state index contributed by atoms with van der Waals surface area (Å²) in [6.45, 7) is 1.58. The highest BCUT2D eigenvalue weighted by atomic mass is 35.5. The normalized spacial score (nSPS) is 11.9. The Morgan fingerprint density at radius 2 is 2.04 bits per heavy atom. The van der Waals surface area contributed by atoms with Crippen LogP contribution in [0.2, 0.25) is 5.02 Å². The lowest BCUT2D eigenvalue weighted by atomic mass is 10.2. The average molecular weight is 348 g/mol. The first kappa shape index (κ1) is 17.4. The van der Waals surface area contributed by atoms with Gasteiger partial charge in [0.05, 0.1) is 11.1 Å². The van der Waals surface area contributed by atoms with Crippen molar-refractivity contribution in [2.24, 2.45) is 5.10 Å². The summed E-state index contributed by atoms with van der Waals surface area (Å²) in [4.78, 5) is 22.1. The zero-order valence-electron chi connectivity index (χ0n) is 12.7. The van der Waals surface area contributed by atoms with Crippen LogP contribution in [0, 0.1) is 10.1 Å². The summed E-state index contributed by atoms with van der Waals surface area (Å²) in [6.07, 6.45) is 0.549. The minimum atomic E-state index is -0.770. The number of carbonyl (C=O) groups is 1. The van der Waals surface area contributed by atoms with E-state index >= 15 is 0 Å². The fraction of sp³-hybridized carbons (Fsp3) is 0.125. The van der Waals surface area contributed by atoms with Crippen LogP contribution in [0.5, 0.6) is 5.75 Å². The number of hydrazone groups is 1. The zero-order valence-corrected chi connectivity index (χ0v) is 13.4. The predicted octanol–water partition coefficient (Wildman–Crippen LogP) is 3.17. The minimum absolute atomic E-state index is 0.0512. The summed E-state index contributed by atoms with van der Waals surface area (Å²) < 4.78 is 5.45. The van der Waals surface area contributed by atoms with E-state index in [9.17, 15) is 14.9 Å². The molecule has 8 heteroatoms. The number of nitrogens with zero attached hydrogens (tertiary/aromatic N) is 2. The van der Waals surface area contributed by atoms with Crippen molar-refractivity contribution in [2.75, 3.05) is 0 Å². The van der Waals surface area contributed by atoms with Gasteiger partial charge in [-0.1, -0.05) is 23.7 Å². The lowest BCUT2D eigenvalue weighted by Crippen LogP contribution is -2.33. The van der Waals surface area contributed by atoms with Crippen LogP contribution in [0.3, 0.4) is 0 Å². The largest absolute Gasteiger partial charge is 0.481 e. The SMILES string of the molecule is CC(Oc1ccc(Cl)cc1)C(=O)N/N=C/c1cccc([N+](=O)[O-])c1. The molecule has 0 fully saturated rings. The molecule has 124 valence electrons. The molecule has 24 heavy (non-hydrogen) atoms.